The molecule has 0 spiro atoms. The summed E-state index contributed by atoms with van der Waals surface area (Å²) in [4.78, 5) is 3.74. The van der Waals surface area contributed by atoms with Gasteiger partial charge in [0, 0.05) is 35.5 Å². The molecule has 0 bridgehead atoms. The summed E-state index contributed by atoms with van der Waals surface area (Å²) in [6.07, 6.45) is 1.77. The molecule has 30 valence electrons. The quantitative estimate of drug-likeness (QED) is 0.568. The van der Waals surface area contributed by atoms with Crippen LogP contribution in [0.25, 0.3) is 0 Å². The van der Waals surface area contributed by atoms with Crippen LogP contribution in [-0.2, 0) is 0 Å². The molecule has 1 nitrogen and oxygen atoms in total. The van der Waals surface area contributed by atoms with Crippen LogP contribution in [0, 0.1) is 0 Å². The van der Waals surface area contributed by atoms with Crippen LogP contribution in [0.4, 0.5) is 0 Å². The number of hydrogen-bond acceptors (Lipinski definition) is 2. The largest absolute Gasteiger partial charge is 0.253 e. The second-order valence-corrected chi connectivity index (χ2v) is 1.43. The van der Waals surface area contributed by atoms with Gasteiger partial charge in [0.2, 0.25) is 0 Å². The van der Waals surface area contributed by atoms with E-state index in [2.05, 4.69) is 4.98 Å². The van der Waals surface area contributed by atoms with Gasteiger partial charge in [0.25, 0.3) is 0 Å². The third kappa shape index (κ3) is 1.77. The van der Waals surface area contributed by atoms with Crippen molar-refractivity contribution >= 4 is 35.2 Å². The Hall–Kier alpha value is 0.429. The Kier molecular flexibility index (Phi) is 3.87. The Balaban J connectivity index is 0.000000250. The molecule has 1 aromatic rings. The first-order valence-electron chi connectivity index (χ1n) is 1.32. The number of hydrogen-bond donors (Lipinski definition) is 0. The van der Waals surface area contributed by atoms with Gasteiger partial charge in [-0.1, -0.05) is 0 Å². The van der Waals surface area contributed by atoms with Crippen molar-refractivity contribution in [2.24, 2.45) is 0 Å². The average Bonchev–Trinajstić information content (AvgIpc) is 1.76. The molecule has 0 saturated heterocycles. The molecular formula is C3H3NSSn. The third-order valence-electron chi connectivity index (χ3n) is 0.347. The molecule has 0 aromatic carbocycles. The minimum Gasteiger partial charge on any atom is -0.253 e. The molecule has 0 aliphatic heterocycles. The molecule has 4 radical (unpaired) electrons. The number of rotatable bonds is 0. The summed E-state index contributed by atoms with van der Waals surface area (Å²) < 4.78 is 0. The van der Waals surface area contributed by atoms with Gasteiger partial charge in [-0.3, -0.25) is 4.98 Å². The van der Waals surface area contributed by atoms with E-state index in [1.165, 1.54) is 0 Å². The summed E-state index contributed by atoms with van der Waals surface area (Å²) >= 11 is 1.60. The van der Waals surface area contributed by atoms with Crippen LogP contribution < -0.4 is 0 Å². The average molecular weight is 204 g/mol. The molecule has 0 aliphatic rings. The van der Waals surface area contributed by atoms with Gasteiger partial charge in [-0.2, -0.15) is 0 Å². The summed E-state index contributed by atoms with van der Waals surface area (Å²) in [5, 5.41) is 1.93. The SMILES string of the molecule is [Sn].c1cscn1. The van der Waals surface area contributed by atoms with Crippen LogP contribution in [0.2, 0.25) is 0 Å². The molecule has 0 aliphatic carbocycles. The van der Waals surface area contributed by atoms with E-state index < -0.39 is 0 Å². The van der Waals surface area contributed by atoms with Crippen molar-refractivity contribution in [3.05, 3.63) is 17.1 Å². The fourth-order valence-electron chi connectivity index (χ4n) is 0.176. The van der Waals surface area contributed by atoms with Crippen LogP contribution >= 0.6 is 11.3 Å². The molecule has 0 fully saturated rings. The molecule has 1 aromatic heterocycles. The zero-order chi connectivity index (χ0) is 3.54. The molecular weight excluding hydrogens is 201 g/mol. The first-order valence-corrected chi connectivity index (χ1v) is 2.26. The zero-order valence-corrected chi connectivity index (χ0v) is 6.76. The summed E-state index contributed by atoms with van der Waals surface area (Å²) in [7, 11) is 0. The Morgan fingerprint density at radius 1 is 1.50 bits per heavy atom. The molecule has 0 saturated carbocycles. The predicted molar refractivity (Wildman–Crippen MR) is 27.9 cm³/mol. The van der Waals surface area contributed by atoms with E-state index >= 15 is 0 Å². The van der Waals surface area contributed by atoms with Crippen LogP contribution in [0.1, 0.15) is 0 Å². The Morgan fingerprint density at radius 3 is 2.50 bits per heavy atom. The second kappa shape index (κ2) is 3.61. The number of thiazole rings is 1. The van der Waals surface area contributed by atoms with Crippen molar-refractivity contribution in [1.82, 2.24) is 4.98 Å². The fraction of sp³-hybridized carbons (Fsp3) is 0. The maximum Gasteiger partial charge on any atom is 0.0791 e. The maximum absolute atomic E-state index is 3.74. The van der Waals surface area contributed by atoms with Crippen molar-refractivity contribution in [1.29, 1.82) is 0 Å². The van der Waals surface area contributed by atoms with Crippen molar-refractivity contribution in [2.75, 3.05) is 0 Å². The molecule has 3 heteroatoms. The van der Waals surface area contributed by atoms with Crippen LogP contribution in [0.5, 0.6) is 0 Å². The first kappa shape index (κ1) is 6.43. The number of aromatic nitrogens is 1. The van der Waals surface area contributed by atoms with Gasteiger partial charge in [-0.05, 0) is 0 Å². The fourth-order valence-corrected chi connectivity index (χ4v) is 0.527. The topological polar surface area (TPSA) is 12.9 Å². The normalized spacial score (nSPS) is 6.67. The number of nitrogens with zero attached hydrogens (tertiary/aromatic N) is 1. The van der Waals surface area contributed by atoms with Gasteiger partial charge in [0.05, 0.1) is 5.51 Å². The molecule has 1 heterocycles. The summed E-state index contributed by atoms with van der Waals surface area (Å²) in [5.74, 6) is 0. The summed E-state index contributed by atoms with van der Waals surface area (Å²) in [5.41, 5.74) is 1.79. The maximum atomic E-state index is 3.74. The monoisotopic (exact) mass is 205 g/mol. The smallest absolute Gasteiger partial charge is 0.0791 e. The Morgan fingerprint density at radius 2 is 2.33 bits per heavy atom. The van der Waals surface area contributed by atoms with Gasteiger partial charge in [0.1, 0.15) is 0 Å². The van der Waals surface area contributed by atoms with E-state index in [1.807, 2.05) is 5.38 Å². The minimum absolute atomic E-state index is 0. The molecule has 0 amide bonds. The minimum atomic E-state index is 0. The molecule has 0 N–H and O–H groups in total. The van der Waals surface area contributed by atoms with E-state index in [9.17, 15) is 0 Å². The van der Waals surface area contributed by atoms with Crippen LogP contribution in [-0.4, -0.2) is 28.9 Å². The van der Waals surface area contributed by atoms with Crippen LogP contribution in [0.15, 0.2) is 17.1 Å². The van der Waals surface area contributed by atoms with Crippen molar-refractivity contribution < 1.29 is 0 Å². The second-order valence-electron chi connectivity index (χ2n) is 0.676. The standard InChI is InChI=1S/C3H3NS.Sn/c1-2-5-3-4-1;/h1-3H;. The van der Waals surface area contributed by atoms with E-state index in [-0.39, 0.29) is 23.9 Å². The van der Waals surface area contributed by atoms with Crippen molar-refractivity contribution in [3.63, 3.8) is 0 Å². The van der Waals surface area contributed by atoms with Gasteiger partial charge in [-0.15, -0.1) is 11.3 Å². The zero-order valence-electron chi connectivity index (χ0n) is 3.09. The Bertz CT molecular complexity index is 67.3. The van der Waals surface area contributed by atoms with Gasteiger partial charge >= 0.3 is 0 Å². The van der Waals surface area contributed by atoms with Gasteiger partial charge in [0.15, 0.2) is 0 Å². The molecule has 1 rings (SSSR count). The van der Waals surface area contributed by atoms with Crippen molar-refractivity contribution in [3.8, 4) is 0 Å². The summed E-state index contributed by atoms with van der Waals surface area (Å²) in [6, 6.07) is 0. The Labute approximate surface area is 57.4 Å². The summed E-state index contributed by atoms with van der Waals surface area (Å²) in [6.45, 7) is 0. The third-order valence-corrected chi connectivity index (χ3v) is 0.869. The van der Waals surface area contributed by atoms with Gasteiger partial charge in [-0.25, -0.2) is 0 Å². The van der Waals surface area contributed by atoms with E-state index in [4.69, 9.17) is 0 Å². The van der Waals surface area contributed by atoms with Gasteiger partial charge < -0.3 is 0 Å². The van der Waals surface area contributed by atoms with E-state index in [1.54, 1.807) is 23.0 Å². The predicted octanol–water partition coefficient (Wildman–Crippen LogP) is 0.762. The van der Waals surface area contributed by atoms with E-state index in [0.29, 0.717) is 0 Å². The van der Waals surface area contributed by atoms with Crippen LogP contribution in [0.3, 0.4) is 0 Å². The first-order chi connectivity index (χ1) is 2.50. The van der Waals surface area contributed by atoms with E-state index in [0.717, 1.165) is 0 Å². The van der Waals surface area contributed by atoms with Crippen molar-refractivity contribution in [2.45, 2.75) is 0 Å². The molecule has 0 unspecified atom stereocenters. The molecule has 6 heavy (non-hydrogen) atoms. The molecule has 0 atom stereocenters.